The summed E-state index contributed by atoms with van der Waals surface area (Å²) in [6.07, 6.45) is 4.06. The van der Waals surface area contributed by atoms with Crippen LogP contribution in [0, 0.1) is 12.7 Å². The van der Waals surface area contributed by atoms with Crippen molar-refractivity contribution < 1.29 is 13.9 Å². The lowest BCUT2D eigenvalue weighted by Gasteiger charge is -2.29. The number of likely N-dealkylation sites (tertiary alicyclic amines) is 1. The Morgan fingerprint density at radius 1 is 1.34 bits per heavy atom. The van der Waals surface area contributed by atoms with Crippen LogP contribution in [-0.4, -0.2) is 45.7 Å². The number of nitrogens with one attached hydrogen (secondary N) is 2. The van der Waals surface area contributed by atoms with E-state index in [4.69, 9.17) is 16.3 Å². The van der Waals surface area contributed by atoms with Crippen molar-refractivity contribution in [2.45, 2.75) is 65.1 Å². The molecule has 0 unspecified atom stereocenters. The molecule has 7 nitrogen and oxygen atoms in total. The summed E-state index contributed by atoms with van der Waals surface area (Å²) in [5.41, 5.74) is 1.46. The minimum absolute atomic E-state index is 0.0232. The highest BCUT2D eigenvalue weighted by molar-refractivity contribution is 6.28. The smallest absolute Gasteiger partial charge is 0.410 e. The van der Waals surface area contributed by atoms with Gasteiger partial charge in [-0.2, -0.15) is 0 Å². The molecule has 1 aromatic carbocycles. The summed E-state index contributed by atoms with van der Waals surface area (Å²) in [5, 5.41) is 6.68. The van der Waals surface area contributed by atoms with Crippen LogP contribution in [0.2, 0.25) is 5.28 Å². The average Bonchev–Trinajstić information content (AvgIpc) is 2.93. The number of aromatic nitrogens is 2. The van der Waals surface area contributed by atoms with Crippen molar-refractivity contribution in [1.82, 2.24) is 14.9 Å². The lowest BCUT2D eigenvalue weighted by atomic mass is 10.1. The molecule has 1 aliphatic heterocycles. The number of hydrogen-bond acceptors (Lipinski definition) is 6. The normalized spacial score (nSPS) is 16.9. The van der Waals surface area contributed by atoms with Gasteiger partial charge in [-0.05, 0) is 70.2 Å². The first kappa shape index (κ1) is 24.0. The number of hydrogen-bond donors (Lipinski definition) is 2. The summed E-state index contributed by atoms with van der Waals surface area (Å²) in [6, 6.07) is 4.92. The molecule has 9 heteroatoms. The zero-order chi connectivity index (χ0) is 23.3. The van der Waals surface area contributed by atoms with E-state index in [1.807, 2.05) is 33.8 Å². The number of para-hydroxylation sites is 1. The molecule has 1 aromatic heterocycles. The van der Waals surface area contributed by atoms with Gasteiger partial charge in [0.15, 0.2) is 0 Å². The monoisotopic (exact) mass is 463 g/mol. The maximum absolute atomic E-state index is 14.2. The molecule has 0 aliphatic carbocycles. The number of carbonyl (C=O) groups is 1. The third-order valence-corrected chi connectivity index (χ3v) is 5.36. The Morgan fingerprint density at radius 2 is 2.12 bits per heavy atom. The Hall–Kier alpha value is -2.61. The van der Waals surface area contributed by atoms with Gasteiger partial charge in [-0.1, -0.05) is 12.1 Å². The number of rotatable bonds is 5. The average molecular weight is 464 g/mol. The molecule has 3 rings (SSSR count). The second-order valence-electron chi connectivity index (χ2n) is 9.06. The van der Waals surface area contributed by atoms with Crippen molar-refractivity contribution in [1.29, 1.82) is 0 Å². The summed E-state index contributed by atoms with van der Waals surface area (Å²) >= 11 is 6.06. The van der Waals surface area contributed by atoms with E-state index in [-0.39, 0.29) is 23.2 Å². The van der Waals surface area contributed by atoms with E-state index in [0.29, 0.717) is 31.1 Å². The molecule has 0 radical (unpaired) electrons. The topological polar surface area (TPSA) is 79.4 Å². The zero-order valence-electron chi connectivity index (χ0n) is 19.0. The molecule has 32 heavy (non-hydrogen) atoms. The number of amides is 1. The van der Waals surface area contributed by atoms with E-state index >= 15 is 0 Å². The summed E-state index contributed by atoms with van der Waals surface area (Å²) in [4.78, 5) is 22.8. The number of anilines is 2. The molecule has 2 aromatic rings. The zero-order valence-corrected chi connectivity index (χ0v) is 19.8. The van der Waals surface area contributed by atoms with Crippen LogP contribution in [0.1, 0.15) is 51.2 Å². The maximum Gasteiger partial charge on any atom is 0.410 e. The fraction of sp³-hybridized carbons (Fsp3) is 0.522. The molecule has 2 heterocycles. The molecule has 0 saturated carbocycles. The molecule has 174 valence electrons. The van der Waals surface area contributed by atoms with Crippen LogP contribution in [0.5, 0.6) is 0 Å². The van der Waals surface area contributed by atoms with Gasteiger partial charge in [-0.25, -0.2) is 19.2 Å². The quantitative estimate of drug-likeness (QED) is 0.578. The molecule has 1 fully saturated rings. The lowest BCUT2D eigenvalue weighted by Crippen LogP contribution is -2.42. The highest BCUT2D eigenvalue weighted by atomic mass is 35.5. The summed E-state index contributed by atoms with van der Waals surface area (Å²) < 4.78 is 19.7. The van der Waals surface area contributed by atoms with Gasteiger partial charge in [-0.15, -0.1) is 0 Å². The molecular weight excluding hydrogens is 433 g/mol. The predicted octanol–water partition coefficient (Wildman–Crippen LogP) is 5.39. The van der Waals surface area contributed by atoms with Crippen molar-refractivity contribution in [3.8, 4) is 0 Å². The van der Waals surface area contributed by atoms with Crippen LogP contribution in [-0.2, 0) is 11.3 Å². The number of benzene rings is 1. The Morgan fingerprint density at radius 3 is 2.84 bits per heavy atom. The number of aryl methyl sites for hydroxylation is 1. The highest BCUT2D eigenvalue weighted by Crippen LogP contribution is 2.24. The first-order valence-corrected chi connectivity index (χ1v) is 11.2. The first-order chi connectivity index (χ1) is 15.1. The molecule has 1 aliphatic rings. The molecule has 0 spiro atoms. The van der Waals surface area contributed by atoms with E-state index in [2.05, 4.69) is 20.6 Å². The second-order valence-corrected chi connectivity index (χ2v) is 9.40. The van der Waals surface area contributed by atoms with Gasteiger partial charge < -0.3 is 20.3 Å². The van der Waals surface area contributed by atoms with Crippen LogP contribution in [0.3, 0.4) is 0 Å². The van der Waals surface area contributed by atoms with Crippen LogP contribution in [0.4, 0.5) is 20.7 Å². The van der Waals surface area contributed by atoms with Gasteiger partial charge in [-0.3, -0.25) is 0 Å². The number of halogens is 2. The predicted molar refractivity (Wildman–Crippen MR) is 125 cm³/mol. The van der Waals surface area contributed by atoms with Crippen molar-refractivity contribution in [2.75, 3.05) is 23.7 Å². The summed E-state index contributed by atoms with van der Waals surface area (Å²) in [6.45, 7) is 8.89. The fourth-order valence-corrected chi connectivity index (χ4v) is 3.76. The second kappa shape index (κ2) is 10.3. The van der Waals surface area contributed by atoms with Gasteiger partial charge in [0.2, 0.25) is 5.28 Å². The largest absolute Gasteiger partial charge is 0.444 e. The Bertz CT molecular complexity index is 930. The maximum atomic E-state index is 14.2. The van der Waals surface area contributed by atoms with Crippen LogP contribution >= 0.6 is 11.6 Å². The summed E-state index contributed by atoms with van der Waals surface area (Å²) in [5.74, 6) is 0.258. The van der Waals surface area contributed by atoms with Gasteiger partial charge >= 0.3 is 6.09 Å². The van der Waals surface area contributed by atoms with Crippen LogP contribution in [0.15, 0.2) is 24.4 Å². The molecule has 1 atom stereocenters. The Balaban J connectivity index is 1.73. The lowest BCUT2D eigenvalue weighted by molar-refractivity contribution is 0.0252. The van der Waals surface area contributed by atoms with Gasteiger partial charge in [0.05, 0.1) is 5.69 Å². The van der Waals surface area contributed by atoms with Crippen LogP contribution < -0.4 is 10.6 Å². The SMILES string of the molecule is Cc1cccc(F)c1NCc1cnc(Cl)nc1N[C@@H]1CCCCN(C(=O)OC(C)(C)C)C1. The fourth-order valence-electron chi connectivity index (χ4n) is 3.62. The third kappa shape index (κ3) is 6.69. The third-order valence-electron chi connectivity index (χ3n) is 5.18. The van der Waals surface area contributed by atoms with Gasteiger partial charge in [0.25, 0.3) is 0 Å². The number of nitrogens with zero attached hydrogens (tertiary/aromatic N) is 3. The summed E-state index contributed by atoms with van der Waals surface area (Å²) in [7, 11) is 0. The molecular formula is C23H31ClFN5O2. The first-order valence-electron chi connectivity index (χ1n) is 10.9. The molecule has 2 N–H and O–H groups in total. The van der Waals surface area contributed by atoms with E-state index in [9.17, 15) is 9.18 Å². The standard InChI is InChI=1S/C23H31ClFN5O2/c1-15-8-7-10-18(25)19(15)26-12-16-13-27-21(24)29-20(16)28-17-9-5-6-11-30(14-17)22(31)32-23(2,3)4/h7-8,10,13,17,26H,5-6,9,11-12,14H2,1-4H3,(H,27,28,29)/t17-/m1/s1. The van der Waals surface area contributed by atoms with Crippen molar-refractivity contribution >= 4 is 29.2 Å². The highest BCUT2D eigenvalue weighted by Gasteiger charge is 2.27. The minimum Gasteiger partial charge on any atom is -0.444 e. The Labute approximate surface area is 193 Å². The van der Waals surface area contributed by atoms with E-state index in [1.54, 1.807) is 17.2 Å². The van der Waals surface area contributed by atoms with Crippen molar-refractivity contribution in [3.63, 3.8) is 0 Å². The van der Waals surface area contributed by atoms with Gasteiger partial charge in [0, 0.05) is 37.4 Å². The van der Waals surface area contributed by atoms with Crippen LogP contribution in [0.25, 0.3) is 0 Å². The van der Waals surface area contributed by atoms with Crippen molar-refractivity contribution in [2.24, 2.45) is 0 Å². The van der Waals surface area contributed by atoms with Gasteiger partial charge in [0.1, 0.15) is 17.2 Å². The number of ether oxygens (including phenoxy) is 1. The molecule has 0 bridgehead atoms. The number of carbonyl (C=O) groups excluding carboxylic acids is 1. The molecule has 1 amide bonds. The van der Waals surface area contributed by atoms with E-state index in [0.717, 1.165) is 30.4 Å². The van der Waals surface area contributed by atoms with E-state index < -0.39 is 5.60 Å². The Kier molecular flexibility index (Phi) is 7.77. The molecule has 1 saturated heterocycles. The van der Waals surface area contributed by atoms with Crippen molar-refractivity contribution in [3.05, 3.63) is 46.6 Å². The van der Waals surface area contributed by atoms with E-state index in [1.165, 1.54) is 6.07 Å². The minimum atomic E-state index is -0.545.